The molecule has 1 aliphatic rings. The number of amides is 2. The first-order valence-corrected chi connectivity index (χ1v) is 10.7. The first kappa shape index (κ1) is 21.4. The molecule has 6 heteroatoms. The van der Waals surface area contributed by atoms with Gasteiger partial charge in [0.1, 0.15) is 0 Å². The second-order valence-electron chi connectivity index (χ2n) is 7.86. The monoisotopic (exact) mass is 426 g/mol. The number of aromatic nitrogens is 2. The van der Waals surface area contributed by atoms with Crippen LogP contribution in [-0.4, -0.2) is 57.8 Å². The molecule has 1 saturated heterocycles. The molecule has 0 bridgehead atoms. The van der Waals surface area contributed by atoms with Gasteiger partial charge in [0.2, 0.25) is 5.91 Å². The molecule has 162 valence electrons. The smallest absolute Gasteiger partial charge is 0.254 e. The van der Waals surface area contributed by atoms with Gasteiger partial charge >= 0.3 is 0 Å². The molecule has 0 radical (unpaired) electrons. The Morgan fingerprint density at radius 3 is 2.59 bits per heavy atom. The molecule has 6 nitrogen and oxygen atoms in total. The molecule has 1 atom stereocenters. The van der Waals surface area contributed by atoms with Gasteiger partial charge in [0, 0.05) is 62.1 Å². The van der Waals surface area contributed by atoms with Gasteiger partial charge < -0.3 is 9.80 Å². The number of hydrogen-bond acceptors (Lipinski definition) is 4. The molecule has 3 heterocycles. The summed E-state index contributed by atoms with van der Waals surface area (Å²) in [6, 6.07) is 15.4. The lowest BCUT2D eigenvalue weighted by Crippen LogP contribution is -2.38. The molecular formula is C26H26N4O2. The summed E-state index contributed by atoms with van der Waals surface area (Å²) in [5, 5.41) is 0. The first-order chi connectivity index (χ1) is 15.7. The Morgan fingerprint density at radius 2 is 1.84 bits per heavy atom. The van der Waals surface area contributed by atoms with Gasteiger partial charge in [0.15, 0.2) is 0 Å². The lowest BCUT2D eigenvalue weighted by atomic mass is 9.91. The Hall–Kier alpha value is -3.80. The van der Waals surface area contributed by atoms with E-state index in [4.69, 9.17) is 0 Å². The second kappa shape index (κ2) is 10.0. The van der Waals surface area contributed by atoms with E-state index < -0.39 is 0 Å². The zero-order valence-corrected chi connectivity index (χ0v) is 17.9. The summed E-state index contributed by atoms with van der Waals surface area (Å²) in [6.45, 7) is 5.61. The molecule has 0 aliphatic carbocycles. The van der Waals surface area contributed by atoms with Crippen LogP contribution in [0.5, 0.6) is 0 Å². The highest BCUT2D eigenvalue weighted by Crippen LogP contribution is 2.27. The van der Waals surface area contributed by atoms with Gasteiger partial charge in [-0.15, -0.1) is 6.58 Å². The van der Waals surface area contributed by atoms with Crippen LogP contribution in [0.1, 0.15) is 15.9 Å². The maximum Gasteiger partial charge on any atom is 0.254 e. The molecule has 0 saturated carbocycles. The van der Waals surface area contributed by atoms with Gasteiger partial charge in [-0.1, -0.05) is 36.4 Å². The molecule has 1 aliphatic heterocycles. The quantitative estimate of drug-likeness (QED) is 0.566. The summed E-state index contributed by atoms with van der Waals surface area (Å²) in [5.74, 6) is -0.372. The zero-order chi connectivity index (χ0) is 22.3. The fourth-order valence-electron chi connectivity index (χ4n) is 4.16. The molecule has 0 N–H and O–H groups in total. The molecule has 4 rings (SSSR count). The molecular weight excluding hydrogens is 400 g/mol. The van der Waals surface area contributed by atoms with Gasteiger partial charge in [-0.3, -0.25) is 19.6 Å². The van der Waals surface area contributed by atoms with Crippen molar-refractivity contribution in [3.05, 3.63) is 97.1 Å². The zero-order valence-electron chi connectivity index (χ0n) is 17.9. The maximum absolute atomic E-state index is 13.4. The van der Waals surface area contributed by atoms with E-state index in [-0.39, 0.29) is 17.7 Å². The van der Waals surface area contributed by atoms with Crippen LogP contribution < -0.4 is 0 Å². The average molecular weight is 427 g/mol. The summed E-state index contributed by atoms with van der Waals surface area (Å²) in [4.78, 5) is 38.4. The normalized spacial score (nSPS) is 16.5. The molecule has 1 fully saturated rings. The highest BCUT2D eigenvalue weighted by molar-refractivity contribution is 5.94. The van der Waals surface area contributed by atoms with Crippen molar-refractivity contribution in [3.8, 4) is 11.1 Å². The van der Waals surface area contributed by atoms with Crippen LogP contribution in [0.15, 0.2) is 86.0 Å². The molecule has 1 aromatic carbocycles. The third kappa shape index (κ3) is 4.75. The molecule has 2 amide bonds. The summed E-state index contributed by atoms with van der Waals surface area (Å²) in [5.41, 5.74) is 3.71. The van der Waals surface area contributed by atoms with Crippen LogP contribution in [0.25, 0.3) is 11.1 Å². The van der Waals surface area contributed by atoms with E-state index in [2.05, 4.69) is 22.6 Å². The summed E-state index contributed by atoms with van der Waals surface area (Å²) in [7, 11) is 0. The van der Waals surface area contributed by atoms with Gasteiger partial charge in [0.25, 0.3) is 5.91 Å². The number of carbonyl (C=O) groups is 2. The maximum atomic E-state index is 13.4. The van der Waals surface area contributed by atoms with Crippen LogP contribution in [0, 0.1) is 5.92 Å². The van der Waals surface area contributed by atoms with Crippen molar-refractivity contribution >= 4 is 11.8 Å². The highest BCUT2D eigenvalue weighted by atomic mass is 16.2. The molecule has 0 spiro atoms. The van der Waals surface area contributed by atoms with E-state index in [0.717, 1.165) is 16.7 Å². The lowest BCUT2D eigenvalue weighted by Gasteiger charge is -2.24. The minimum absolute atomic E-state index is 0.0518. The number of pyridine rings is 2. The molecule has 32 heavy (non-hydrogen) atoms. The van der Waals surface area contributed by atoms with Gasteiger partial charge in [0.05, 0.1) is 5.92 Å². The van der Waals surface area contributed by atoms with Crippen LogP contribution in [0.2, 0.25) is 0 Å². The molecule has 3 aromatic rings. The minimum atomic E-state index is -0.346. The number of carbonyl (C=O) groups excluding carboxylic acids is 2. The highest BCUT2D eigenvalue weighted by Gasteiger charge is 2.32. The van der Waals surface area contributed by atoms with Crippen LogP contribution >= 0.6 is 0 Å². The van der Waals surface area contributed by atoms with E-state index in [1.807, 2.05) is 36.5 Å². The second-order valence-corrected chi connectivity index (χ2v) is 7.86. The predicted molar refractivity (Wildman–Crippen MR) is 124 cm³/mol. The average Bonchev–Trinajstić information content (AvgIpc) is 3.00. The SMILES string of the molecule is C=CCN1CCN(C(=O)c2ccncc2)C[C@@H](Cc2ccccc2-c2cccnc2)C1=O. The van der Waals surface area contributed by atoms with Gasteiger partial charge in [-0.25, -0.2) is 0 Å². The summed E-state index contributed by atoms with van der Waals surface area (Å²) < 4.78 is 0. The third-order valence-corrected chi connectivity index (χ3v) is 5.76. The summed E-state index contributed by atoms with van der Waals surface area (Å²) in [6.07, 6.45) is 9.08. The largest absolute Gasteiger partial charge is 0.337 e. The van der Waals surface area contributed by atoms with E-state index >= 15 is 0 Å². The topological polar surface area (TPSA) is 66.4 Å². The number of benzene rings is 1. The van der Waals surface area contributed by atoms with Crippen molar-refractivity contribution in [2.45, 2.75) is 6.42 Å². The van der Waals surface area contributed by atoms with Crippen LogP contribution in [-0.2, 0) is 11.2 Å². The minimum Gasteiger partial charge on any atom is -0.337 e. The van der Waals surface area contributed by atoms with Crippen molar-refractivity contribution in [1.82, 2.24) is 19.8 Å². The van der Waals surface area contributed by atoms with E-state index in [1.165, 1.54) is 0 Å². The Kier molecular flexibility index (Phi) is 6.70. The van der Waals surface area contributed by atoms with E-state index in [1.54, 1.807) is 46.6 Å². The van der Waals surface area contributed by atoms with E-state index in [9.17, 15) is 9.59 Å². The third-order valence-electron chi connectivity index (χ3n) is 5.76. The fourth-order valence-corrected chi connectivity index (χ4v) is 4.16. The van der Waals surface area contributed by atoms with E-state index in [0.29, 0.717) is 38.2 Å². The van der Waals surface area contributed by atoms with Crippen molar-refractivity contribution in [2.24, 2.45) is 5.92 Å². The summed E-state index contributed by atoms with van der Waals surface area (Å²) >= 11 is 0. The molecule has 0 unspecified atom stereocenters. The van der Waals surface area contributed by atoms with Crippen molar-refractivity contribution in [1.29, 1.82) is 0 Å². The lowest BCUT2D eigenvalue weighted by molar-refractivity contribution is -0.134. The van der Waals surface area contributed by atoms with Crippen LogP contribution in [0.3, 0.4) is 0 Å². The van der Waals surface area contributed by atoms with Crippen molar-refractivity contribution in [2.75, 3.05) is 26.2 Å². The number of rotatable bonds is 6. The van der Waals surface area contributed by atoms with Gasteiger partial charge in [-0.2, -0.15) is 0 Å². The van der Waals surface area contributed by atoms with Crippen LogP contribution in [0.4, 0.5) is 0 Å². The Morgan fingerprint density at radius 1 is 1.03 bits per heavy atom. The Labute approximate surface area is 188 Å². The standard InChI is InChI=1S/C26H26N4O2/c1-2-14-29-15-16-30(25(31)20-9-12-27-13-10-20)19-23(26(29)32)17-21-6-3-4-8-24(21)22-7-5-11-28-18-22/h2-13,18,23H,1,14-17,19H2/t23-/m1/s1. The number of nitrogens with zero attached hydrogens (tertiary/aromatic N) is 4. The number of hydrogen-bond donors (Lipinski definition) is 0. The van der Waals surface area contributed by atoms with Gasteiger partial charge in [-0.05, 0) is 35.7 Å². The first-order valence-electron chi connectivity index (χ1n) is 10.7. The van der Waals surface area contributed by atoms with Crippen molar-refractivity contribution < 1.29 is 9.59 Å². The Balaban J connectivity index is 1.64. The molecule has 2 aromatic heterocycles. The fraction of sp³-hybridized carbons (Fsp3) is 0.231. The Bertz CT molecular complexity index is 1090. The van der Waals surface area contributed by atoms with Crippen molar-refractivity contribution in [3.63, 3.8) is 0 Å². The predicted octanol–water partition coefficient (Wildman–Crippen LogP) is 3.47.